The number of rotatable bonds is 4. The van der Waals surface area contributed by atoms with Crippen molar-refractivity contribution in [3.63, 3.8) is 0 Å². The van der Waals surface area contributed by atoms with E-state index in [1.54, 1.807) is 0 Å². The van der Waals surface area contributed by atoms with Crippen molar-refractivity contribution < 1.29 is 9.53 Å². The molecule has 0 aromatic heterocycles. The fourth-order valence-electron chi connectivity index (χ4n) is 2.54. The molecule has 1 fully saturated rings. The monoisotopic (exact) mass is 245 g/mol. The number of hydrogen-bond donors (Lipinski definition) is 0. The predicted molar refractivity (Wildman–Crippen MR) is 71.0 cm³/mol. The molecule has 3 nitrogen and oxygen atoms in total. The molecule has 0 atom stereocenters. The second kappa shape index (κ2) is 4.63. The molecule has 1 heterocycles. The van der Waals surface area contributed by atoms with Crippen molar-refractivity contribution in [1.29, 1.82) is 0 Å². The Kier molecular flexibility index (Phi) is 2.98. The molecule has 3 rings (SSSR count). The lowest BCUT2D eigenvalue weighted by Gasteiger charge is -2.24. The number of carbonyl (C=O) groups is 1. The summed E-state index contributed by atoms with van der Waals surface area (Å²) in [6.07, 6.45) is 4.01. The number of benzene rings is 1. The van der Waals surface area contributed by atoms with E-state index < -0.39 is 0 Å². The average Bonchev–Trinajstić information content (AvgIpc) is 3.09. The van der Waals surface area contributed by atoms with Gasteiger partial charge in [-0.25, -0.2) is 0 Å². The molecule has 18 heavy (non-hydrogen) atoms. The molecule has 3 heteroatoms. The Morgan fingerprint density at radius 3 is 3.00 bits per heavy atom. The van der Waals surface area contributed by atoms with Crippen molar-refractivity contribution in [3.05, 3.63) is 23.8 Å². The topological polar surface area (TPSA) is 29.5 Å². The van der Waals surface area contributed by atoms with Gasteiger partial charge in [-0.1, -0.05) is 13.0 Å². The molecule has 1 aromatic rings. The van der Waals surface area contributed by atoms with Gasteiger partial charge in [0.25, 0.3) is 0 Å². The Morgan fingerprint density at radius 2 is 2.28 bits per heavy atom. The van der Waals surface area contributed by atoms with E-state index >= 15 is 0 Å². The van der Waals surface area contributed by atoms with E-state index in [4.69, 9.17) is 4.74 Å². The van der Waals surface area contributed by atoms with Crippen LogP contribution in [0.25, 0.3) is 0 Å². The summed E-state index contributed by atoms with van der Waals surface area (Å²) < 4.78 is 5.59. The van der Waals surface area contributed by atoms with Crippen LogP contribution in [-0.4, -0.2) is 19.1 Å². The van der Waals surface area contributed by atoms with Gasteiger partial charge < -0.3 is 9.64 Å². The van der Waals surface area contributed by atoms with Crippen molar-refractivity contribution in [2.45, 2.75) is 32.6 Å². The fourth-order valence-corrected chi connectivity index (χ4v) is 2.54. The Balaban J connectivity index is 1.93. The van der Waals surface area contributed by atoms with Crippen LogP contribution in [0.5, 0.6) is 5.75 Å². The van der Waals surface area contributed by atoms with Gasteiger partial charge in [-0.3, -0.25) is 4.79 Å². The molecule has 0 radical (unpaired) electrons. The SMILES string of the molecule is CCC(=O)N(CC1CC1)c1cccc2c1CCO2. The van der Waals surface area contributed by atoms with E-state index in [-0.39, 0.29) is 5.91 Å². The summed E-state index contributed by atoms with van der Waals surface area (Å²) in [5, 5.41) is 0. The summed E-state index contributed by atoms with van der Waals surface area (Å²) in [5.74, 6) is 1.89. The molecule has 0 spiro atoms. The maximum atomic E-state index is 12.2. The Hall–Kier alpha value is -1.51. The third-order valence-corrected chi connectivity index (χ3v) is 3.75. The largest absolute Gasteiger partial charge is 0.493 e. The van der Waals surface area contributed by atoms with Crippen molar-refractivity contribution in [2.24, 2.45) is 5.92 Å². The van der Waals surface area contributed by atoms with Gasteiger partial charge in [-0.05, 0) is 30.9 Å². The summed E-state index contributed by atoms with van der Waals surface area (Å²) in [5.41, 5.74) is 2.28. The van der Waals surface area contributed by atoms with Gasteiger partial charge in [-0.15, -0.1) is 0 Å². The molecule has 0 unspecified atom stereocenters. The minimum Gasteiger partial charge on any atom is -0.493 e. The average molecular weight is 245 g/mol. The quantitative estimate of drug-likeness (QED) is 0.816. The van der Waals surface area contributed by atoms with Gasteiger partial charge in [0.05, 0.1) is 12.3 Å². The highest BCUT2D eigenvalue weighted by Gasteiger charge is 2.29. The number of hydrogen-bond acceptors (Lipinski definition) is 2. The molecule has 0 N–H and O–H groups in total. The van der Waals surface area contributed by atoms with Crippen molar-refractivity contribution in [3.8, 4) is 5.75 Å². The molecule has 1 amide bonds. The molecule has 1 aliphatic heterocycles. The van der Waals surface area contributed by atoms with Crippen LogP contribution in [0.15, 0.2) is 18.2 Å². The van der Waals surface area contributed by atoms with E-state index in [0.29, 0.717) is 12.3 Å². The van der Waals surface area contributed by atoms with E-state index in [0.717, 1.165) is 31.0 Å². The van der Waals surface area contributed by atoms with Gasteiger partial charge in [-0.2, -0.15) is 0 Å². The number of anilines is 1. The Labute approximate surface area is 108 Å². The lowest BCUT2D eigenvalue weighted by Crippen LogP contribution is -2.32. The van der Waals surface area contributed by atoms with Crippen LogP contribution in [0, 0.1) is 5.92 Å². The fraction of sp³-hybridized carbons (Fsp3) is 0.533. The van der Waals surface area contributed by atoms with Crippen LogP contribution in [-0.2, 0) is 11.2 Å². The zero-order valence-electron chi connectivity index (χ0n) is 10.8. The molecule has 1 aliphatic carbocycles. The molecule has 2 aliphatic rings. The lowest BCUT2D eigenvalue weighted by molar-refractivity contribution is -0.118. The molecule has 1 saturated carbocycles. The van der Waals surface area contributed by atoms with Crippen LogP contribution < -0.4 is 9.64 Å². The first kappa shape index (κ1) is 11.6. The van der Waals surface area contributed by atoms with Gasteiger partial charge in [0.2, 0.25) is 5.91 Å². The van der Waals surface area contributed by atoms with Crippen LogP contribution in [0.2, 0.25) is 0 Å². The summed E-state index contributed by atoms with van der Waals surface area (Å²) in [6.45, 7) is 3.55. The first-order valence-electron chi connectivity index (χ1n) is 6.84. The van der Waals surface area contributed by atoms with E-state index in [9.17, 15) is 4.79 Å². The zero-order chi connectivity index (χ0) is 12.5. The predicted octanol–water partition coefficient (Wildman–Crippen LogP) is 2.77. The molecular formula is C15H19NO2. The Morgan fingerprint density at radius 1 is 1.44 bits per heavy atom. The number of nitrogens with zero attached hydrogens (tertiary/aromatic N) is 1. The molecule has 0 saturated heterocycles. The molecule has 1 aromatic carbocycles. The molecular weight excluding hydrogens is 226 g/mol. The first-order chi connectivity index (χ1) is 8.79. The van der Waals surface area contributed by atoms with Gasteiger partial charge in [0, 0.05) is 24.9 Å². The van der Waals surface area contributed by atoms with Crippen molar-refractivity contribution >= 4 is 11.6 Å². The highest BCUT2D eigenvalue weighted by atomic mass is 16.5. The Bertz CT molecular complexity index is 466. The summed E-state index contributed by atoms with van der Waals surface area (Å²) in [7, 11) is 0. The van der Waals surface area contributed by atoms with Crippen LogP contribution in [0.1, 0.15) is 31.7 Å². The van der Waals surface area contributed by atoms with E-state index in [1.807, 2.05) is 24.0 Å². The zero-order valence-corrected chi connectivity index (χ0v) is 10.8. The number of ether oxygens (including phenoxy) is 1. The maximum Gasteiger partial charge on any atom is 0.226 e. The standard InChI is InChI=1S/C15H19NO2/c1-2-15(17)16(10-11-6-7-11)13-4-3-5-14-12(13)8-9-18-14/h3-5,11H,2,6-10H2,1H3. The van der Waals surface area contributed by atoms with Gasteiger partial charge >= 0.3 is 0 Å². The van der Waals surface area contributed by atoms with Crippen LogP contribution >= 0.6 is 0 Å². The second-order valence-corrected chi connectivity index (χ2v) is 5.15. The number of carbonyl (C=O) groups excluding carboxylic acids is 1. The molecule has 96 valence electrons. The third kappa shape index (κ3) is 2.09. The normalized spacial score (nSPS) is 17.2. The van der Waals surface area contributed by atoms with E-state index in [2.05, 4.69) is 6.07 Å². The minimum atomic E-state index is 0.224. The summed E-state index contributed by atoms with van der Waals surface area (Å²) in [4.78, 5) is 14.1. The van der Waals surface area contributed by atoms with Crippen LogP contribution in [0.4, 0.5) is 5.69 Å². The van der Waals surface area contributed by atoms with Crippen molar-refractivity contribution in [1.82, 2.24) is 0 Å². The van der Waals surface area contributed by atoms with Gasteiger partial charge in [0.15, 0.2) is 0 Å². The minimum absolute atomic E-state index is 0.224. The van der Waals surface area contributed by atoms with Gasteiger partial charge in [0.1, 0.15) is 5.75 Å². The third-order valence-electron chi connectivity index (χ3n) is 3.75. The molecule has 0 bridgehead atoms. The van der Waals surface area contributed by atoms with Crippen molar-refractivity contribution in [2.75, 3.05) is 18.1 Å². The summed E-state index contributed by atoms with van der Waals surface area (Å²) >= 11 is 0. The highest BCUT2D eigenvalue weighted by Crippen LogP contribution is 2.37. The highest BCUT2D eigenvalue weighted by molar-refractivity contribution is 5.94. The number of amides is 1. The van der Waals surface area contributed by atoms with Crippen LogP contribution in [0.3, 0.4) is 0 Å². The first-order valence-corrected chi connectivity index (χ1v) is 6.84. The number of fused-ring (bicyclic) bond motifs is 1. The summed E-state index contributed by atoms with van der Waals surface area (Å²) in [6, 6.07) is 6.04. The smallest absolute Gasteiger partial charge is 0.226 e. The lowest BCUT2D eigenvalue weighted by atomic mass is 10.1. The second-order valence-electron chi connectivity index (χ2n) is 5.15. The maximum absolute atomic E-state index is 12.2. The van der Waals surface area contributed by atoms with E-state index in [1.165, 1.54) is 18.4 Å².